The maximum Gasteiger partial charge on any atom is 0.194 e. The molecule has 2 fully saturated rings. The first-order chi connectivity index (χ1) is 15.1. The van der Waals surface area contributed by atoms with Gasteiger partial charge in [0.25, 0.3) is 0 Å². The van der Waals surface area contributed by atoms with Crippen LogP contribution in [0.3, 0.4) is 0 Å². The van der Waals surface area contributed by atoms with Gasteiger partial charge >= 0.3 is 0 Å². The van der Waals surface area contributed by atoms with E-state index in [1.807, 2.05) is 30.7 Å². The van der Waals surface area contributed by atoms with Gasteiger partial charge in [-0.15, -0.1) is 10.2 Å². The van der Waals surface area contributed by atoms with Crippen molar-refractivity contribution in [2.24, 2.45) is 18.0 Å². The number of aliphatic imine (C=N–C) groups is 1. The maximum absolute atomic E-state index is 5.27. The van der Waals surface area contributed by atoms with Crippen molar-refractivity contribution in [1.82, 2.24) is 29.9 Å². The van der Waals surface area contributed by atoms with Crippen molar-refractivity contribution in [3.05, 3.63) is 41.5 Å². The van der Waals surface area contributed by atoms with Gasteiger partial charge < -0.3 is 24.4 Å². The second kappa shape index (κ2) is 10.1. The van der Waals surface area contributed by atoms with E-state index in [9.17, 15) is 0 Å². The Morgan fingerprint density at radius 1 is 1.16 bits per heavy atom. The van der Waals surface area contributed by atoms with E-state index in [1.165, 1.54) is 44.5 Å². The van der Waals surface area contributed by atoms with Crippen molar-refractivity contribution in [3.63, 3.8) is 0 Å². The summed E-state index contributed by atoms with van der Waals surface area (Å²) in [5, 5.41) is 12.0. The predicted molar refractivity (Wildman–Crippen MR) is 122 cm³/mol. The molecule has 0 radical (unpaired) electrons. The molecule has 3 heterocycles. The average Bonchev–Trinajstić information content (AvgIpc) is 3.54. The van der Waals surface area contributed by atoms with E-state index in [-0.39, 0.29) is 0 Å². The third kappa shape index (κ3) is 5.55. The fourth-order valence-electron chi connectivity index (χ4n) is 4.43. The van der Waals surface area contributed by atoms with E-state index < -0.39 is 0 Å². The number of methoxy groups -OCH3 is 1. The van der Waals surface area contributed by atoms with Crippen molar-refractivity contribution in [1.29, 1.82) is 0 Å². The molecule has 0 bridgehead atoms. The topological polar surface area (TPSA) is 70.8 Å². The molecular formula is C23H35N7O. The molecule has 1 unspecified atom stereocenters. The number of aromatic nitrogens is 3. The number of ether oxygens (including phenoxy) is 1. The molecule has 0 aliphatic carbocycles. The Labute approximate surface area is 185 Å². The van der Waals surface area contributed by atoms with Crippen LogP contribution in [0, 0.1) is 12.8 Å². The van der Waals surface area contributed by atoms with E-state index in [1.54, 1.807) is 7.11 Å². The number of likely N-dealkylation sites (tertiary alicyclic amines) is 2. The van der Waals surface area contributed by atoms with Crippen LogP contribution in [0.2, 0.25) is 0 Å². The Morgan fingerprint density at radius 2 is 1.94 bits per heavy atom. The lowest BCUT2D eigenvalue weighted by Crippen LogP contribution is -2.41. The van der Waals surface area contributed by atoms with Crippen molar-refractivity contribution in [3.8, 4) is 5.75 Å². The molecule has 2 saturated heterocycles. The van der Waals surface area contributed by atoms with E-state index in [0.717, 1.165) is 36.4 Å². The summed E-state index contributed by atoms with van der Waals surface area (Å²) in [6.07, 6.45) is 3.93. The highest BCUT2D eigenvalue weighted by Crippen LogP contribution is 2.20. The van der Waals surface area contributed by atoms with Gasteiger partial charge in [0.05, 0.1) is 20.2 Å². The van der Waals surface area contributed by atoms with Gasteiger partial charge in [-0.25, -0.2) is 4.99 Å². The first-order valence-electron chi connectivity index (χ1n) is 11.4. The van der Waals surface area contributed by atoms with Crippen LogP contribution >= 0.6 is 0 Å². The van der Waals surface area contributed by atoms with Gasteiger partial charge in [0.15, 0.2) is 11.8 Å². The van der Waals surface area contributed by atoms with Gasteiger partial charge in [0, 0.05) is 26.7 Å². The Hall–Kier alpha value is -2.61. The summed E-state index contributed by atoms with van der Waals surface area (Å²) in [5.74, 6) is 4.37. The summed E-state index contributed by atoms with van der Waals surface area (Å²) in [4.78, 5) is 10.0. The van der Waals surface area contributed by atoms with Crippen LogP contribution in [0.1, 0.15) is 36.5 Å². The number of benzene rings is 1. The third-order valence-corrected chi connectivity index (χ3v) is 6.46. The van der Waals surface area contributed by atoms with Crippen molar-refractivity contribution >= 4 is 5.96 Å². The molecule has 1 aromatic heterocycles. The van der Waals surface area contributed by atoms with Crippen LogP contribution in [0.4, 0.5) is 0 Å². The van der Waals surface area contributed by atoms with Crippen LogP contribution in [0.25, 0.3) is 0 Å². The molecule has 168 valence electrons. The molecule has 0 saturated carbocycles. The normalized spacial score (nSPS) is 19.9. The smallest absolute Gasteiger partial charge is 0.194 e. The fraction of sp³-hybridized carbons (Fsp3) is 0.609. The standard InChI is InChI=1S/C23H35N7O/c1-18-26-27-22(28(18)2)15-25-23(24-14-19-6-8-21(31-3)9-7-19)30-13-10-20(17-30)16-29-11-4-5-12-29/h6-9,20H,4-5,10-17H2,1-3H3,(H,24,25). The minimum atomic E-state index is 0.617. The molecule has 8 heteroatoms. The zero-order valence-corrected chi connectivity index (χ0v) is 19.0. The first-order valence-corrected chi connectivity index (χ1v) is 11.4. The summed E-state index contributed by atoms with van der Waals surface area (Å²) in [6.45, 7) is 9.07. The van der Waals surface area contributed by atoms with Gasteiger partial charge in [-0.1, -0.05) is 12.1 Å². The fourth-order valence-corrected chi connectivity index (χ4v) is 4.43. The molecule has 1 N–H and O–H groups in total. The van der Waals surface area contributed by atoms with Crippen molar-refractivity contribution in [2.75, 3.05) is 39.8 Å². The molecule has 8 nitrogen and oxygen atoms in total. The minimum Gasteiger partial charge on any atom is -0.497 e. The monoisotopic (exact) mass is 425 g/mol. The number of guanidine groups is 1. The van der Waals surface area contributed by atoms with E-state index in [2.05, 4.69) is 37.4 Å². The van der Waals surface area contributed by atoms with Crippen LogP contribution in [0.15, 0.2) is 29.3 Å². The number of nitrogens with zero attached hydrogens (tertiary/aromatic N) is 6. The second-order valence-electron chi connectivity index (χ2n) is 8.67. The molecule has 0 spiro atoms. The largest absolute Gasteiger partial charge is 0.497 e. The van der Waals surface area contributed by atoms with Gasteiger partial charge in [-0.2, -0.15) is 0 Å². The maximum atomic E-state index is 5.27. The summed E-state index contributed by atoms with van der Waals surface area (Å²) >= 11 is 0. The summed E-state index contributed by atoms with van der Waals surface area (Å²) in [5.41, 5.74) is 1.17. The van der Waals surface area contributed by atoms with E-state index >= 15 is 0 Å². The first kappa shape index (κ1) is 21.6. The minimum absolute atomic E-state index is 0.617. The highest BCUT2D eigenvalue weighted by Gasteiger charge is 2.27. The average molecular weight is 426 g/mol. The number of aryl methyl sites for hydroxylation is 1. The molecule has 2 aliphatic rings. The number of hydrogen-bond donors (Lipinski definition) is 1. The molecular weight excluding hydrogens is 390 g/mol. The summed E-state index contributed by atoms with van der Waals surface area (Å²) < 4.78 is 7.29. The number of nitrogens with one attached hydrogen (secondary N) is 1. The number of hydrogen-bond acceptors (Lipinski definition) is 5. The Bertz CT molecular complexity index is 871. The Morgan fingerprint density at radius 3 is 2.61 bits per heavy atom. The highest BCUT2D eigenvalue weighted by molar-refractivity contribution is 5.80. The van der Waals surface area contributed by atoms with Gasteiger partial charge in [-0.05, 0) is 62.9 Å². The lowest BCUT2D eigenvalue weighted by Gasteiger charge is -2.23. The molecule has 1 aromatic carbocycles. The Balaban J connectivity index is 1.42. The molecule has 2 aliphatic heterocycles. The number of rotatable bonds is 7. The lowest BCUT2D eigenvalue weighted by molar-refractivity contribution is 0.281. The zero-order chi connectivity index (χ0) is 21.6. The SMILES string of the molecule is COc1ccc(CN=C(NCc2nnc(C)n2C)N2CCC(CN3CCCC3)C2)cc1. The van der Waals surface area contributed by atoms with Crippen molar-refractivity contribution < 1.29 is 4.74 Å². The lowest BCUT2D eigenvalue weighted by atomic mass is 10.1. The van der Waals surface area contributed by atoms with E-state index in [4.69, 9.17) is 9.73 Å². The van der Waals surface area contributed by atoms with Gasteiger partial charge in [-0.3, -0.25) is 0 Å². The van der Waals surface area contributed by atoms with Gasteiger partial charge in [0.1, 0.15) is 11.6 Å². The van der Waals surface area contributed by atoms with Crippen LogP contribution in [-0.2, 0) is 20.1 Å². The molecule has 1 atom stereocenters. The summed E-state index contributed by atoms with van der Waals surface area (Å²) in [7, 11) is 3.69. The molecule has 4 rings (SSSR count). The van der Waals surface area contributed by atoms with Gasteiger partial charge in [0.2, 0.25) is 0 Å². The zero-order valence-electron chi connectivity index (χ0n) is 19.0. The highest BCUT2D eigenvalue weighted by atomic mass is 16.5. The molecule has 31 heavy (non-hydrogen) atoms. The second-order valence-corrected chi connectivity index (χ2v) is 8.67. The van der Waals surface area contributed by atoms with E-state index in [0.29, 0.717) is 19.0 Å². The third-order valence-electron chi connectivity index (χ3n) is 6.46. The van der Waals surface area contributed by atoms with Crippen LogP contribution in [-0.4, -0.2) is 70.4 Å². The van der Waals surface area contributed by atoms with Crippen molar-refractivity contribution in [2.45, 2.75) is 39.3 Å². The molecule has 2 aromatic rings. The molecule has 0 amide bonds. The Kier molecular flexibility index (Phi) is 7.06. The van der Waals surface area contributed by atoms with Crippen LogP contribution < -0.4 is 10.1 Å². The quantitative estimate of drug-likeness (QED) is 0.542. The predicted octanol–water partition coefficient (Wildman–Crippen LogP) is 2.20. The summed E-state index contributed by atoms with van der Waals surface area (Å²) in [6, 6.07) is 8.13. The van der Waals surface area contributed by atoms with Crippen LogP contribution in [0.5, 0.6) is 5.75 Å².